The fourth-order valence-electron chi connectivity index (χ4n) is 2.36. The van der Waals surface area contributed by atoms with E-state index in [0.29, 0.717) is 6.07 Å². The van der Waals surface area contributed by atoms with Gasteiger partial charge in [0.15, 0.2) is 0 Å². The summed E-state index contributed by atoms with van der Waals surface area (Å²) in [6, 6.07) is 3.09. The zero-order chi connectivity index (χ0) is 14.0. The van der Waals surface area contributed by atoms with Crippen LogP contribution >= 0.6 is 0 Å². The van der Waals surface area contributed by atoms with Gasteiger partial charge in [0.2, 0.25) is 0 Å². The molecule has 1 aromatic rings. The fraction of sp³-hybridized carbons (Fsp3) is 0.538. The average molecular weight is 276 g/mol. The first-order valence-corrected chi connectivity index (χ1v) is 6.14. The molecule has 1 aliphatic rings. The summed E-state index contributed by atoms with van der Waals surface area (Å²) >= 11 is 0. The van der Waals surface area contributed by atoms with E-state index in [1.54, 1.807) is 7.05 Å². The van der Waals surface area contributed by atoms with Gasteiger partial charge in [-0.05, 0) is 37.7 Å². The maximum absolute atomic E-state index is 13.0. The molecule has 1 fully saturated rings. The van der Waals surface area contributed by atoms with Gasteiger partial charge in [0.25, 0.3) is 0 Å². The molecule has 1 heterocycles. The van der Waals surface area contributed by atoms with Gasteiger partial charge in [-0.2, -0.15) is 13.2 Å². The molecule has 0 saturated carbocycles. The Kier molecular flexibility index (Phi) is 4.10. The van der Waals surface area contributed by atoms with Crippen molar-refractivity contribution >= 4 is 0 Å². The van der Waals surface area contributed by atoms with Crippen molar-refractivity contribution in [2.24, 2.45) is 0 Å². The average Bonchev–Trinajstić information content (AvgIpc) is 2.83. The molecule has 1 atom stereocenters. The van der Waals surface area contributed by atoms with E-state index in [9.17, 15) is 17.6 Å². The highest BCUT2D eigenvalue weighted by molar-refractivity contribution is 5.30. The molecule has 0 aromatic heterocycles. The van der Waals surface area contributed by atoms with Crippen molar-refractivity contribution in [3.63, 3.8) is 0 Å². The second-order valence-corrected chi connectivity index (χ2v) is 4.86. The quantitative estimate of drug-likeness (QED) is 0.854. The Morgan fingerprint density at radius 2 is 2.11 bits per heavy atom. The Labute approximate surface area is 109 Å². The Morgan fingerprint density at radius 1 is 1.37 bits per heavy atom. The standard InChI is InChI=1S/C13H16F4N2/c1-19(11-4-5-18-7-11)8-9-2-3-10(14)6-12(9)13(15,16)17/h2-3,6,11,18H,4-5,7-8H2,1H3. The molecular formula is C13H16F4N2. The summed E-state index contributed by atoms with van der Waals surface area (Å²) in [6.07, 6.45) is -3.61. The predicted octanol–water partition coefficient (Wildman–Crippen LogP) is 2.64. The highest BCUT2D eigenvalue weighted by atomic mass is 19.4. The number of rotatable bonds is 3. The number of hydrogen-bond acceptors (Lipinski definition) is 2. The molecule has 1 aromatic carbocycles. The van der Waals surface area contributed by atoms with Crippen molar-refractivity contribution in [2.45, 2.75) is 25.2 Å². The summed E-state index contributed by atoms with van der Waals surface area (Å²) < 4.78 is 51.6. The highest BCUT2D eigenvalue weighted by Crippen LogP contribution is 2.33. The molecule has 1 unspecified atom stereocenters. The maximum Gasteiger partial charge on any atom is 0.416 e. The predicted molar refractivity (Wildman–Crippen MR) is 64.1 cm³/mol. The van der Waals surface area contributed by atoms with Crippen molar-refractivity contribution in [2.75, 3.05) is 20.1 Å². The van der Waals surface area contributed by atoms with Gasteiger partial charge >= 0.3 is 6.18 Å². The molecule has 19 heavy (non-hydrogen) atoms. The molecule has 2 rings (SSSR count). The molecule has 6 heteroatoms. The van der Waals surface area contributed by atoms with Crippen LogP contribution in [0.2, 0.25) is 0 Å². The summed E-state index contributed by atoms with van der Waals surface area (Å²) in [5.41, 5.74) is -0.770. The Morgan fingerprint density at radius 3 is 2.68 bits per heavy atom. The largest absolute Gasteiger partial charge is 0.416 e. The monoisotopic (exact) mass is 276 g/mol. The summed E-state index contributed by atoms with van der Waals surface area (Å²) in [5.74, 6) is -0.860. The third-order valence-corrected chi connectivity index (χ3v) is 3.45. The molecule has 2 nitrogen and oxygen atoms in total. The summed E-state index contributed by atoms with van der Waals surface area (Å²) in [7, 11) is 1.79. The summed E-state index contributed by atoms with van der Waals surface area (Å²) in [4.78, 5) is 1.88. The lowest BCUT2D eigenvalue weighted by molar-refractivity contribution is -0.138. The first-order chi connectivity index (χ1) is 8.88. The smallest absolute Gasteiger partial charge is 0.315 e. The fourth-order valence-corrected chi connectivity index (χ4v) is 2.36. The molecule has 106 valence electrons. The van der Waals surface area contributed by atoms with E-state index < -0.39 is 17.6 Å². The van der Waals surface area contributed by atoms with Crippen molar-refractivity contribution in [3.8, 4) is 0 Å². The van der Waals surface area contributed by atoms with Crippen LogP contribution in [0, 0.1) is 5.82 Å². The molecule has 0 bridgehead atoms. The second kappa shape index (κ2) is 5.46. The van der Waals surface area contributed by atoms with E-state index in [1.807, 2.05) is 4.90 Å². The van der Waals surface area contributed by atoms with Gasteiger partial charge < -0.3 is 5.32 Å². The Balaban J connectivity index is 2.19. The Hall–Kier alpha value is -1.14. The number of halogens is 4. The van der Waals surface area contributed by atoms with E-state index in [2.05, 4.69) is 5.32 Å². The second-order valence-electron chi connectivity index (χ2n) is 4.86. The SMILES string of the molecule is CN(Cc1ccc(F)cc1C(F)(F)F)C1CCNC1. The molecule has 1 N–H and O–H groups in total. The zero-order valence-electron chi connectivity index (χ0n) is 10.6. The molecule has 1 aliphatic heterocycles. The van der Waals surface area contributed by atoms with Crippen molar-refractivity contribution in [1.82, 2.24) is 10.2 Å². The lowest BCUT2D eigenvalue weighted by Crippen LogP contribution is -2.33. The lowest BCUT2D eigenvalue weighted by Gasteiger charge is -2.25. The van der Waals surface area contributed by atoms with Gasteiger partial charge in [-0.3, -0.25) is 4.90 Å². The van der Waals surface area contributed by atoms with E-state index >= 15 is 0 Å². The van der Waals surface area contributed by atoms with Crippen LogP contribution in [0.15, 0.2) is 18.2 Å². The topological polar surface area (TPSA) is 15.3 Å². The van der Waals surface area contributed by atoms with Crippen molar-refractivity contribution in [3.05, 3.63) is 35.1 Å². The molecular weight excluding hydrogens is 260 g/mol. The number of likely N-dealkylation sites (N-methyl/N-ethyl adjacent to an activating group) is 1. The van der Waals surface area contributed by atoms with Crippen LogP contribution in [0.25, 0.3) is 0 Å². The van der Waals surface area contributed by atoms with Crippen LogP contribution in [-0.2, 0) is 12.7 Å². The van der Waals surface area contributed by atoms with Crippen LogP contribution in [0.1, 0.15) is 17.5 Å². The zero-order valence-corrected chi connectivity index (χ0v) is 10.6. The van der Waals surface area contributed by atoms with Crippen LogP contribution in [-0.4, -0.2) is 31.1 Å². The van der Waals surface area contributed by atoms with Crippen LogP contribution in [0.5, 0.6) is 0 Å². The minimum atomic E-state index is -4.52. The number of benzene rings is 1. The molecule has 0 spiro atoms. The van der Waals surface area contributed by atoms with E-state index in [4.69, 9.17) is 0 Å². The first-order valence-electron chi connectivity index (χ1n) is 6.14. The minimum absolute atomic E-state index is 0.114. The number of nitrogens with zero attached hydrogens (tertiary/aromatic N) is 1. The normalized spacial score (nSPS) is 20.2. The lowest BCUT2D eigenvalue weighted by atomic mass is 10.1. The minimum Gasteiger partial charge on any atom is -0.315 e. The van der Waals surface area contributed by atoms with E-state index in [0.717, 1.165) is 25.6 Å². The number of alkyl halides is 3. The van der Waals surface area contributed by atoms with Crippen LogP contribution in [0.4, 0.5) is 17.6 Å². The van der Waals surface area contributed by atoms with E-state index in [1.165, 1.54) is 6.07 Å². The van der Waals surface area contributed by atoms with Crippen LogP contribution in [0.3, 0.4) is 0 Å². The molecule has 1 saturated heterocycles. The first kappa shape index (κ1) is 14.3. The molecule has 0 radical (unpaired) electrons. The van der Waals surface area contributed by atoms with Gasteiger partial charge in [-0.1, -0.05) is 6.07 Å². The molecule has 0 aliphatic carbocycles. The van der Waals surface area contributed by atoms with Crippen molar-refractivity contribution < 1.29 is 17.6 Å². The Bertz CT molecular complexity index is 439. The van der Waals surface area contributed by atoms with Gasteiger partial charge in [-0.15, -0.1) is 0 Å². The van der Waals surface area contributed by atoms with Crippen LogP contribution < -0.4 is 5.32 Å². The highest BCUT2D eigenvalue weighted by Gasteiger charge is 2.34. The van der Waals surface area contributed by atoms with Gasteiger partial charge in [0.1, 0.15) is 5.82 Å². The maximum atomic E-state index is 13.0. The van der Waals surface area contributed by atoms with Gasteiger partial charge in [0.05, 0.1) is 5.56 Å². The third kappa shape index (κ3) is 3.45. The van der Waals surface area contributed by atoms with E-state index in [-0.39, 0.29) is 18.2 Å². The van der Waals surface area contributed by atoms with Gasteiger partial charge in [-0.25, -0.2) is 4.39 Å². The number of nitrogens with one attached hydrogen (secondary N) is 1. The number of hydrogen-bond donors (Lipinski definition) is 1. The summed E-state index contributed by atoms with van der Waals surface area (Å²) in [5, 5.41) is 3.17. The molecule has 0 amide bonds. The van der Waals surface area contributed by atoms with Gasteiger partial charge in [0, 0.05) is 19.1 Å². The summed E-state index contributed by atoms with van der Waals surface area (Å²) in [6.45, 7) is 1.82. The third-order valence-electron chi connectivity index (χ3n) is 3.45. The van der Waals surface area contributed by atoms with Crippen molar-refractivity contribution in [1.29, 1.82) is 0 Å².